The van der Waals surface area contributed by atoms with Crippen LogP contribution in [0.1, 0.15) is 5.56 Å². The number of H-pyrrole nitrogens is 1. The molecule has 1 amide bonds. The van der Waals surface area contributed by atoms with Gasteiger partial charge in [0.15, 0.2) is 0 Å². The van der Waals surface area contributed by atoms with E-state index < -0.39 is 0 Å². The Morgan fingerprint density at radius 1 is 1.21 bits per heavy atom. The van der Waals surface area contributed by atoms with E-state index in [0.717, 1.165) is 28.2 Å². The van der Waals surface area contributed by atoms with Crippen molar-refractivity contribution in [2.75, 3.05) is 12.4 Å². The lowest BCUT2D eigenvalue weighted by Crippen LogP contribution is -2.19. The van der Waals surface area contributed by atoms with Crippen LogP contribution >= 0.6 is 0 Å². The van der Waals surface area contributed by atoms with E-state index in [1.54, 1.807) is 26.0 Å². The van der Waals surface area contributed by atoms with Crippen LogP contribution in [0.2, 0.25) is 0 Å². The number of hydrogen-bond donors (Lipinski definition) is 2. The van der Waals surface area contributed by atoms with Crippen LogP contribution in [-0.4, -0.2) is 32.5 Å². The average Bonchev–Trinajstić information content (AvgIpc) is 3.38. The van der Waals surface area contributed by atoms with E-state index in [4.69, 9.17) is 4.74 Å². The second-order valence-electron chi connectivity index (χ2n) is 6.65. The molecule has 7 nitrogen and oxygen atoms in total. The minimum Gasteiger partial charge on any atom is -0.495 e. The second-order valence-corrected chi connectivity index (χ2v) is 6.65. The lowest BCUT2D eigenvalue weighted by Gasteiger charge is -2.12. The molecular weight excluding hydrogens is 366 g/mol. The molecule has 0 aliphatic rings. The van der Waals surface area contributed by atoms with Crippen molar-refractivity contribution in [2.45, 2.75) is 13.5 Å². The fourth-order valence-electron chi connectivity index (χ4n) is 3.24. The van der Waals surface area contributed by atoms with Gasteiger partial charge in [-0.05, 0) is 24.6 Å². The number of nitrogens with zero attached hydrogens (tertiary/aromatic N) is 3. The third-order valence-corrected chi connectivity index (χ3v) is 4.58. The Hall–Kier alpha value is -3.87. The molecule has 0 bridgehead atoms. The molecule has 2 aromatic carbocycles. The third kappa shape index (κ3) is 3.89. The lowest BCUT2D eigenvalue weighted by molar-refractivity contribution is -0.116. The number of carbonyl (C=O) groups excluding carboxylic acids is 1. The number of ether oxygens (including phenoxy) is 1. The molecule has 0 saturated carbocycles. The zero-order chi connectivity index (χ0) is 20.2. The molecule has 4 aromatic rings. The molecule has 146 valence electrons. The SMILES string of the molecule is COc1ccc(C)cc1NC(=O)Cn1cnc(-c2ccccc2)c1-c1cnc[nH]1. The minimum atomic E-state index is -0.174. The second kappa shape index (κ2) is 8.02. The van der Waals surface area contributed by atoms with Crippen molar-refractivity contribution in [2.24, 2.45) is 0 Å². The van der Waals surface area contributed by atoms with Crippen LogP contribution < -0.4 is 10.1 Å². The topological polar surface area (TPSA) is 84.8 Å². The van der Waals surface area contributed by atoms with Gasteiger partial charge in [0.25, 0.3) is 0 Å². The van der Waals surface area contributed by atoms with E-state index in [0.29, 0.717) is 11.4 Å². The maximum Gasteiger partial charge on any atom is 0.244 e. The number of aryl methyl sites for hydroxylation is 1. The number of aromatic amines is 1. The number of benzene rings is 2. The summed E-state index contributed by atoms with van der Waals surface area (Å²) in [5.41, 5.74) is 5.03. The Morgan fingerprint density at radius 3 is 2.76 bits per heavy atom. The molecule has 4 rings (SSSR count). The van der Waals surface area contributed by atoms with Crippen molar-refractivity contribution in [3.8, 4) is 28.4 Å². The van der Waals surface area contributed by atoms with E-state index in [-0.39, 0.29) is 12.5 Å². The van der Waals surface area contributed by atoms with E-state index in [1.165, 1.54) is 0 Å². The van der Waals surface area contributed by atoms with Crippen molar-refractivity contribution >= 4 is 11.6 Å². The molecule has 7 heteroatoms. The summed E-state index contributed by atoms with van der Waals surface area (Å²) < 4.78 is 7.16. The number of anilines is 1. The first kappa shape index (κ1) is 18.5. The van der Waals surface area contributed by atoms with Gasteiger partial charge < -0.3 is 19.6 Å². The molecule has 0 unspecified atom stereocenters. The first-order valence-corrected chi connectivity index (χ1v) is 9.19. The molecule has 0 aliphatic heterocycles. The molecule has 2 heterocycles. The Kier molecular flexibility index (Phi) is 5.11. The van der Waals surface area contributed by atoms with Crippen LogP contribution in [0.15, 0.2) is 67.4 Å². The van der Waals surface area contributed by atoms with Gasteiger partial charge in [-0.15, -0.1) is 0 Å². The van der Waals surface area contributed by atoms with E-state index in [9.17, 15) is 4.79 Å². The standard InChI is InChI=1S/C22H21N5O2/c1-15-8-9-19(29-2)17(10-15)26-20(28)12-27-14-25-21(16-6-4-3-5-7-16)22(27)18-11-23-13-24-18/h3-11,13-14H,12H2,1-2H3,(H,23,24)(H,26,28). The molecule has 0 spiro atoms. The first-order valence-electron chi connectivity index (χ1n) is 9.19. The predicted octanol–water partition coefficient (Wildman–Crippen LogP) is 3.90. The Labute approximate surface area is 168 Å². The molecule has 0 atom stereocenters. The molecular formula is C22H21N5O2. The van der Waals surface area contributed by atoms with Crippen molar-refractivity contribution in [3.63, 3.8) is 0 Å². The molecule has 2 aromatic heterocycles. The van der Waals surface area contributed by atoms with E-state index in [2.05, 4.69) is 20.3 Å². The number of nitrogens with one attached hydrogen (secondary N) is 2. The van der Waals surface area contributed by atoms with Crippen LogP contribution in [0.3, 0.4) is 0 Å². The summed E-state index contributed by atoms with van der Waals surface area (Å²) in [6.45, 7) is 2.07. The number of carbonyl (C=O) groups is 1. The molecule has 0 fully saturated rings. The van der Waals surface area contributed by atoms with Gasteiger partial charge in [0.2, 0.25) is 5.91 Å². The summed E-state index contributed by atoms with van der Waals surface area (Å²) in [5, 5.41) is 2.93. The number of imidazole rings is 2. The number of rotatable bonds is 6. The highest BCUT2D eigenvalue weighted by atomic mass is 16.5. The maximum absolute atomic E-state index is 12.8. The number of amides is 1. The van der Waals surface area contributed by atoms with Gasteiger partial charge in [-0.25, -0.2) is 9.97 Å². The summed E-state index contributed by atoms with van der Waals surface area (Å²) >= 11 is 0. The predicted molar refractivity (Wildman–Crippen MR) is 112 cm³/mol. The van der Waals surface area contributed by atoms with Gasteiger partial charge >= 0.3 is 0 Å². The van der Waals surface area contributed by atoms with Crippen LogP contribution in [-0.2, 0) is 11.3 Å². The number of methoxy groups -OCH3 is 1. The average molecular weight is 387 g/mol. The minimum absolute atomic E-state index is 0.102. The molecule has 0 radical (unpaired) electrons. The third-order valence-electron chi connectivity index (χ3n) is 4.58. The summed E-state index contributed by atoms with van der Waals surface area (Å²) in [6.07, 6.45) is 5.01. The van der Waals surface area contributed by atoms with E-state index >= 15 is 0 Å². The van der Waals surface area contributed by atoms with Crippen molar-refractivity contribution in [1.82, 2.24) is 19.5 Å². The highest BCUT2D eigenvalue weighted by Gasteiger charge is 2.18. The quantitative estimate of drug-likeness (QED) is 0.526. The van der Waals surface area contributed by atoms with Gasteiger partial charge in [0.05, 0.1) is 48.7 Å². The largest absolute Gasteiger partial charge is 0.495 e. The van der Waals surface area contributed by atoms with Gasteiger partial charge in [0, 0.05) is 5.56 Å². The van der Waals surface area contributed by atoms with Crippen molar-refractivity contribution in [1.29, 1.82) is 0 Å². The van der Waals surface area contributed by atoms with Crippen molar-refractivity contribution in [3.05, 3.63) is 72.9 Å². The number of hydrogen-bond acceptors (Lipinski definition) is 4. The Morgan fingerprint density at radius 2 is 2.03 bits per heavy atom. The zero-order valence-electron chi connectivity index (χ0n) is 16.2. The summed E-state index contributed by atoms with van der Waals surface area (Å²) in [5.74, 6) is 0.444. The van der Waals surface area contributed by atoms with Gasteiger partial charge in [0.1, 0.15) is 12.3 Å². The van der Waals surface area contributed by atoms with Crippen LogP contribution in [0.4, 0.5) is 5.69 Å². The van der Waals surface area contributed by atoms with Crippen LogP contribution in [0.5, 0.6) is 5.75 Å². The summed E-state index contributed by atoms with van der Waals surface area (Å²) in [7, 11) is 1.58. The summed E-state index contributed by atoms with van der Waals surface area (Å²) in [6, 6.07) is 15.5. The van der Waals surface area contributed by atoms with Gasteiger partial charge in [-0.1, -0.05) is 36.4 Å². The molecule has 0 aliphatic carbocycles. The molecule has 29 heavy (non-hydrogen) atoms. The fraction of sp³-hybridized carbons (Fsp3) is 0.136. The number of aromatic nitrogens is 4. The Bertz CT molecular complexity index is 1120. The van der Waals surface area contributed by atoms with E-state index in [1.807, 2.05) is 60.0 Å². The monoisotopic (exact) mass is 387 g/mol. The maximum atomic E-state index is 12.8. The van der Waals surface area contributed by atoms with Crippen LogP contribution in [0.25, 0.3) is 22.6 Å². The molecule has 2 N–H and O–H groups in total. The van der Waals surface area contributed by atoms with Crippen LogP contribution in [0, 0.1) is 6.92 Å². The fourth-order valence-corrected chi connectivity index (χ4v) is 3.24. The smallest absolute Gasteiger partial charge is 0.244 e. The summed E-state index contributed by atoms with van der Waals surface area (Å²) in [4.78, 5) is 24.6. The Balaban J connectivity index is 1.65. The zero-order valence-corrected chi connectivity index (χ0v) is 16.2. The van der Waals surface area contributed by atoms with Gasteiger partial charge in [-0.2, -0.15) is 0 Å². The van der Waals surface area contributed by atoms with Crippen molar-refractivity contribution < 1.29 is 9.53 Å². The van der Waals surface area contributed by atoms with Gasteiger partial charge in [-0.3, -0.25) is 4.79 Å². The normalized spacial score (nSPS) is 10.7. The first-order chi connectivity index (χ1) is 14.2. The molecule has 0 saturated heterocycles. The highest BCUT2D eigenvalue weighted by Crippen LogP contribution is 2.30. The lowest BCUT2D eigenvalue weighted by atomic mass is 10.1. The highest BCUT2D eigenvalue weighted by molar-refractivity contribution is 5.93.